The summed E-state index contributed by atoms with van der Waals surface area (Å²) >= 11 is 9.44. The van der Waals surface area contributed by atoms with E-state index in [9.17, 15) is 24.3 Å². The molecule has 0 saturated carbocycles. The van der Waals surface area contributed by atoms with Gasteiger partial charge in [0.1, 0.15) is 46.6 Å². The van der Waals surface area contributed by atoms with Crippen LogP contribution in [0, 0.1) is 38.9 Å². The lowest BCUT2D eigenvalue weighted by molar-refractivity contribution is -0.143. The molecule has 1 fully saturated rings. The number of hydrogen-bond acceptors (Lipinski definition) is 12. The van der Waals surface area contributed by atoms with E-state index in [1.54, 1.807) is 61.9 Å². The summed E-state index contributed by atoms with van der Waals surface area (Å²) in [6.07, 6.45) is 1.06. The molecule has 4 amide bonds. The number of β-amino-alcohol motifs (C(OH)–C–C–N with tert-alkyl or cyclic N) is 1. The Balaban J connectivity index is 0.882. The van der Waals surface area contributed by atoms with Crippen LogP contribution in [0.2, 0.25) is 5.02 Å². The Morgan fingerprint density at radius 1 is 0.973 bits per heavy atom. The van der Waals surface area contributed by atoms with E-state index in [0.29, 0.717) is 22.2 Å². The SMILES string of the molecule is Cc1ncsc1-c1ccc([C@H](C)NC(=O)[C@@H]2C[C@@H](O)CN2C(=O)[C@@H](NC(=O)/C=C/c2cc(F)cc(O[C@@H](C)CNC(=O)C[C@@H]3N=C(c4ccc(Cl)cc4)c4c(sc(C)c4C)-n4c(C)nnc43)c2)C(C)(C)C)cc1. The van der Waals surface area contributed by atoms with E-state index < -0.39 is 65.3 Å². The van der Waals surface area contributed by atoms with Crippen molar-refractivity contribution in [3.8, 4) is 21.2 Å². The number of aliphatic hydroxyl groups excluding tert-OH is 1. The van der Waals surface area contributed by atoms with Crippen molar-refractivity contribution >= 4 is 69.7 Å². The van der Waals surface area contributed by atoms with Crippen molar-refractivity contribution in [1.82, 2.24) is 40.6 Å². The molecule has 4 N–H and O–H groups in total. The molecule has 5 heterocycles. The molecular weight excluding hydrogens is 989 g/mol. The topological polar surface area (TPSA) is 193 Å². The molecule has 73 heavy (non-hydrogen) atoms. The molecule has 0 spiro atoms. The molecule has 8 rings (SSSR count). The highest BCUT2D eigenvalue weighted by Gasteiger charge is 2.45. The summed E-state index contributed by atoms with van der Waals surface area (Å²) in [5, 5.41) is 29.8. The molecule has 19 heteroatoms. The first-order valence-electron chi connectivity index (χ1n) is 24.0. The number of amides is 4. The minimum Gasteiger partial charge on any atom is -0.489 e. The van der Waals surface area contributed by atoms with E-state index >= 15 is 4.39 Å². The number of carbonyl (C=O) groups is 4. The number of rotatable bonds is 15. The van der Waals surface area contributed by atoms with E-state index in [4.69, 9.17) is 21.3 Å². The van der Waals surface area contributed by atoms with Crippen molar-refractivity contribution in [1.29, 1.82) is 0 Å². The lowest BCUT2D eigenvalue weighted by atomic mass is 9.85. The van der Waals surface area contributed by atoms with Crippen molar-refractivity contribution in [3.63, 3.8) is 0 Å². The van der Waals surface area contributed by atoms with Gasteiger partial charge in [0.15, 0.2) is 5.82 Å². The minimum absolute atomic E-state index is 0.0341. The fraction of sp³-hybridized carbons (Fsp3) is 0.370. The van der Waals surface area contributed by atoms with Crippen molar-refractivity contribution in [2.75, 3.05) is 13.1 Å². The monoisotopic (exact) mass is 1050 g/mol. The molecule has 0 radical (unpaired) electrons. The van der Waals surface area contributed by atoms with Gasteiger partial charge < -0.3 is 30.7 Å². The largest absolute Gasteiger partial charge is 0.489 e. The second-order valence-corrected chi connectivity index (χ2v) is 22.2. The molecule has 382 valence electrons. The Morgan fingerprint density at radius 3 is 2.37 bits per heavy atom. The summed E-state index contributed by atoms with van der Waals surface area (Å²) in [5.74, 6) is -1.10. The Hall–Kier alpha value is -6.60. The van der Waals surface area contributed by atoms with Gasteiger partial charge in [-0.05, 0) is 99.6 Å². The number of nitrogens with one attached hydrogen (secondary N) is 3. The Bertz CT molecular complexity index is 3110. The van der Waals surface area contributed by atoms with Gasteiger partial charge in [0.25, 0.3) is 0 Å². The fourth-order valence-corrected chi connectivity index (χ4v) is 11.2. The van der Waals surface area contributed by atoms with E-state index in [0.717, 1.165) is 54.0 Å². The van der Waals surface area contributed by atoms with Crippen LogP contribution in [-0.2, 0) is 19.2 Å². The van der Waals surface area contributed by atoms with Gasteiger partial charge in [-0.2, -0.15) is 0 Å². The maximum atomic E-state index is 15.0. The number of carbonyl (C=O) groups excluding carboxylic acids is 4. The third-order valence-electron chi connectivity index (χ3n) is 13.0. The second-order valence-electron chi connectivity index (χ2n) is 19.7. The molecule has 0 aliphatic carbocycles. The Kier molecular flexibility index (Phi) is 15.8. The number of benzene rings is 3. The van der Waals surface area contributed by atoms with Crippen LogP contribution in [0.4, 0.5) is 4.39 Å². The first-order valence-corrected chi connectivity index (χ1v) is 26.1. The molecule has 6 aromatic rings. The standard InChI is InChI=1S/C54H59ClFN9O6S2/c1-28(25-57-45(68)24-42-50-63-62-33(6)65(50)53-46(29(2)32(5)73-53)47(60-42)36-15-17-38(55)18-16-36)71-41-21-34(20-39(56)22-41)10-19-44(67)61-49(54(7,8)9)52(70)64-26-40(66)23-43(64)51(69)59-30(3)35-11-13-37(14-12-35)48-31(4)58-27-72-48/h10-22,27-28,30,40,42-43,49,66H,23-26H2,1-9H3,(H,57,68)(H,59,69)(H,61,67)/b19-10+/t28-,30-,40+,42-,43-,49+/m0/s1. The first kappa shape index (κ1) is 52.7. The molecule has 2 aliphatic rings. The van der Waals surface area contributed by atoms with Gasteiger partial charge in [-0.1, -0.05) is 68.8 Å². The van der Waals surface area contributed by atoms with Crippen LogP contribution in [0.15, 0.2) is 83.3 Å². The molecule has 2 aliphatic heterocycles. The van der Waals surface area contributed by atoms with E-state index in [-0.39, 0.29) is 37.6 Å². The van der Waals surface area contributed by atoms with E-state index in [1.807, 2.05) is 73.9 Å². The van der Waals surface area contributed by atoms with Gasteiger partial charge in [-0.25, -0.2) is 9.37 Å². The maximum absolute atomic E-state index is 15.0. The van der Waals surface area contributed by atoms with Gasteiger partial charge >= 0.3 is 0 Å². The summed E-state index contributed by atoms with van der Waals surface area (Å²) in [5.41, 5.74) is 7.75. The molecule has 0 unspecified atom stereocenters. The molecule has 3 aromatic carbocycles. The third kappa shape index (κ3) is 11.9. The number of thiophene rings is 1. The highest BCUT2D eigenvalue weighted by atomic mass is 35.5. The fourth-order valence-electron chi connectivity index (χ4n) is 9.04. The average molecular weight is 1050 g/mol. The van der Waals surface area contributed by atoms with Crippen LogP contribution in [0.3, 0.4) is 0 Å². The van der Waals surface area contributed by atoms with Gasteiger partial charge in [0.2, 0.25) is 23.6 Å². The zero-order chi connectivity index (χ0) is 52.5. The smallest absolute Gasteiger partial charge is 0.246 e. The van der Waals surface area contributed by atoms with Crippen LogP contribution in [-0.4, -0.2) is 96.5 Å². The lowest BCUT2D eigenvalue weighted by Gasteiger charge is -2.35. The summed E-state index contributed by atoms with van der Waals surface area (Å²) in [7, 11) is 0. The van der Waals surface area contributed by atoms with Crippen molar-refractivity contribution in [2.45, 2.75) is 112 Å². The number of aliphatic imine (C=N–C) groups is 1. The average Bonchev–Trinajstić information content (AvgIpc) is 4.11. The van der Waals surface area contributed by atoms with Crippen molar-refractivity contribution < 1.29 is 33.4 Å². The summed E-state index contributed by atoms with van der Waals surface area (Å²) in [4.78, 5) is 68.2. The predicted molar refractivity (Wildman–Crippen MR) is 283 cm³/mol. The van der Waals surface area contributed by atoms with Crippen LogP contribution in [0.1, 0.15) is 110 Å². The predicted octanol–water partition coefficient (Wildman–Crippen LogP) is 8.73. The summed E-state index contributed by atoms with van der Waals surface area (Å²) in [6, 6.07) is 16.2. The van der Waals surface area contributed by atoms with E-state index in [1.165, 1.54) is 29.2 Å². The molecule has 0 bridgehead atoms. The molecule has 1 saturated heterocycles. The van der Waals surface area contributed by atoms with Crippen molar-refractivity contribution in [2.24, 2.45) is 10.4 Å². The second kappa shape index (κ2) is 21.9. The number of aliphatic hydroxyl groups is 1. The van der Waals surface area contributed by atoms with Crippen LogP contribution in [0.25, 0.3) is 21.5 Å². The number of fused-ring (bicyclic) bond motifs is 3. The zero-order valence-electron chi connectivity index (χ0n) is 42.1. The quantitative estimate of drug-likeness (QED) is 0.0728. The zero-order valence-corrected chi connectivity index (χ0v) is 44.5. The van der Waals surface area contributed by atoms with Gasteiger partial charge in [-0.15, -0.1) is 32.9 Å². The lowest BCUT2D eigenvalue weighted by Crippen LogP contribution is -2.57. The number of thiazole rings is 1. The van der Waals surface area contributed by atoms with Crippen molar-refractivity contribution in [3.05, 3.63) is 139 Å². The molecular formula is C54H59ClFN9O6S2. The summed E-state index contributed by atoms with van der Waals surface area (Å²) in [6.45, 7) is 16.9. The number of likely N-dealkylation sites (tertiary alicyclic amines) is 1. The van der Waals surface area contributed by atoms with Crippen LogP contribution < -0.4 is 20.7 Å². The molecule has 6 atom stereocenters. The number of aryl methyl sites for hydroxylation is 3. The number of halogens is 2. The third-order valence-corrected chi connectivity index (χ3v) is 15.4. The number of ether oxygens (including phenoxy) is 1. The molecule has 15 nitrogen and oxygen atoms in total. The van der Waals surface area contributed by atoms with Gasteiger partial charge in [-0.3, -0.25) is 28.7 Å². The number of nitrogens with zero attached hydrogens (tertiary/aromatic N) is 6. The Morgan fingerprint density at radius 2 is 1.68 bits per heavy atom. The van der Waals surface area contributed by atoms with Gasteiger partial charge in [0.05, 0.1) is 46.9 Å². The van der Waals surface area contributed by atoms with E-state index in [2.05, 4.69) is 45.0 Å². The number of aromatic nitrogens is 4. The normalized spacial score (nSPS) is 17.8. The first-order chi connectivity index (χ1) is 34.6. The van der Waals surface area contributed by atoms with Gasteiger partial charge in [0, 0.05) is 46.1 Å². The summed E-state index contributed by atoms with van der Waals surface area (Å²) < 4.78 is 23.1. The highest BCUT2D eigenvalue weighted by molar-refractivity contribution is 7.15. The molecule has 3 aromatic heterocycles. The Labute approximate surface area is 437 Å². The van der Waals surface area contributed by atoms with Crippen LogP contribution in [0.5, 0.6) is 5.75 Å². The highest BCUT2D eigenvalue weighted by Crippen LogP contribution is 2.40. The number of hydrogen-bond donors (Lipinski definition) is 4. The van der Waals surface area contributed by atoms with Crippen LogP contribution >= 0.6 is 34.3 Å². The minimum atomic E-state index is -1.09. The maximum Gasteiger partial charge on any atom is 0.246 e.